The first kappa shape index (κ1) is 25.2. The Balaban J connectivity index is 1.28. The summed E-state index contributed by atoms with van der Waals surface area (Å²) < 4.78 is 39.6. The molecule has 1 amide bonds. The molecule has 190 valence electrons. The largest absolute Gasteiger partial charge is 0.423 e. The fraction of sp³-hybridized carbons (Fsp3) is 0.478. The number of amides is 1. The monoisotopic (exact) mass is 503 g/mol. The third kappa shape index (κ3) is 5.48. The fourth-order valence-corrected chi connectivity index (χ4v) is 4.64. The number of hydrogen-bond acceptors (Lipinski definition) is 8. The average molecular weight is 503 g/mol. The van der Waals surface area contributed by atoms with Gasteiger partial charge in [-0.05, 0) is 25.0 Å². The summed E-state index contributed by atoms with van der Waals surface area (Å²) in [7, 11) is 0. The summed E-state index contributed by atoms with van der Waals surface area (Å²) >= 11 is 0. The molecule has 0 spiro atoms. The molecule has 0 aromatic carbocycles. The van der Waals surface area contributed by atoms with E-state index < -0.39 is 34.8 Å². The molecule has 36 heavy (non-hydrogen) atoms. The van der Waals surface area contributed by atoms with Crippen LogP contribution in [0.15, 0.2) is 29.3 Å². The molecule has 10 nitrogen and oxygen atoms in total. The number of aromatic nitrogens is 3. The van der Waals surface area contributed by atoms with Crippen molar-refractivity contribution < 1.29 is 22.8 Å². The van der Waals surface area contributed by atoms with Gasteiger partial charge in [-0.15, -0.1) is 0 Å². The highest BCUT2D eigenvalue weighted by Crippen LogP contribution is 2.33. The Morgan fingerprint density at radius 1 is 1.14 bits per heavy atom. The van der Waals surface area contributed by atoms with Crippen LogP contribution in [0.25, 0.3) is 0 Å². The van der Waals surface area contributed by atoms with Crippen molar-refractivity contribution in [2.75, 3.05) is 42.9 Å². The molecule has 1 saturated heterocycles. The van der Waals surface area contributed by atoms with E-state index in [9.17, 15) is 27.6 Å². The molecule has 2 fully saturated rings. The second kappa shape index (κ2) is 10.3. The number of carbonyl (C=O) groups excluding carboxylic acids is 2. The summed E-state index contributed by atoms with van der Waals surface area (Å²) in [6.07, 6.45) is -1.51. The molecule has 0 bridgehead atoms. The van der Waals surface area contributed by atoms with E-state index in [4.69, 9.17) is 5.26 Å². The highest BCUT2D eigenvalue weighted by atomic mass is 19.4. The maximum atomic E-state index is 13.2. The molecule has 4 rings (SSSR count). The first-order valence-corrected chi connectivity index (χ1v) is 11.5. The number of alkyl halides is 3. The van der Waals surface area contributed by atoms with Gasteiger partial charge in [0.1, 0.15) is 23.2 Å². The van der Waals surface area contributed by atoms with E-state index in [1.807, 2.05) is 11.0 Å². The quantitative estimate of drug-likeness (QED) is 0.609. The van der Waals surface area contributed by atoms with Crippen molar-refractivity contribution >= 4 is 23.2 Å². The Kier molecular flexibility index (Phi) is 7.23. The van der Waals surface area contributed by atoms with Crippen molar-refractivity contribution in [1.82, 2.24) is 20.1 Å². The summed E-state index contributed by atoms with van der Waals surface area (Å²) in [5.41, 5.74) is -2.75. The molecule has 2 atom stereocenters. The minimum Gasteiger partial charge on any atom is -0.382 e. The molecule has 2 aromatic rings. The molecule has 2 aromatic heterocycles. The number of hydrogen-bond donors (Lipinski definition) is 2. The number of nitrogens with zero attached hydrogens (tertiary/aromatic N) is 5. The Hall–Kier alpha value is -3.95. The van der Waals surface area contributed by atoms with Crippen LogP contribution < -0.4 is 15.8 Å². The van der Waals surface area contributed by atoms with Gasteiger partial charge in [-0.25, -0.2) is 10.1 Å². The van der Waals surface area contributed by atoms with Gasteiger partial charge in [0.25, 0.3) is 5.56 Å². The lowest BCUT2D eigenvalue weighted by molar-refractivity contribution is -0.138. The van der Waals surface area contributed by atoms with Crippen molar-refractivity contribution in [3.63, 3.8) is 0 Å². The first-order chi connectivity index (χ1) is 17.2. The molecule has 1 aliphatic carbocycles. The number of nitriles is 1. The van der Waals surface area contributed by atoms with Crippen LogP contribution in [0.2, 0.25) is 0 Å². The lowest BCUT2D eigenvalue weighted by Gasteiger charge is -2.35. The van der Waals surface area contributed by atoms with Crippen LogP contribution in [-0.2, 0) is 15.8 Å². The van der Waals surface area contributed by atoms with Crippen LogP contribution in [0, 0.1) is 23.2 Å². The van der Waals surface area contributed by atoms with Crippen molar-refractivity contribution in [3.05, 3.63) is 46.0 Å². The molecule has 1 saturated carbocycles. The number of Topliss-reactive ketones (excluding diaryl/α,β-unsaturated/α-hetero) is 1. The molecule has 13 heteroatoms. The van der Waals surface area contributed by atoms with Crippen molar-refractivity contribution in [3.8, 4) is 6.07 Å². The molecular formula is C23H24F3N7O3. The van der Waals surface area contributed by atoms with Gasteiger partial charge >= 0.3 is 6.18 Å². The zero-order chi connectivity index (χ0) is 25.9. The van der Waals surface area contributed by atoms with Crippen LogP contribution in [0.5, 0.6) is 0 Å². The third-order valence-corrected chi connectivity index (χ3v) is 6.60. The van der Waals surface area contributed by atoms with Crippen LogP contribution in [0.1, 0.15) is 30.4 Å². The normalized spacial score (nSPS) is 20.3. The average Bonchev–Trinajstić information content (AvgIpc) is 3.20. The van der Waals surface area contributed by atoms with E-state index in [1.54, 1.807) is 22.1 Å². The summed E-state index contributed by atoms with van der Waals surface area (Å²) in [5.74, 6) is -0.605. The standard InChI is InChI=1S/C23H24F3N7O3/c24-23(25,26)20-17(13-30-31-22(20)36)28-12-16-3-2-15(21(16)35)9-19(34)33-7-5-32(6-8-33)18-4-1-14(10-27)11-29-18/h1,4,11,13,15-16H,2-3,5-9,12H2,(H2,28,31,36)/t15-,16-/m0/s1. The van der Waals surface area contributed by atoms with Gasteiger partial charge in [0.2, 0.25) is 5.91 Å². The number of nitrogens with one attached hydrogen (secondary N) is 2. The Bertz CT molecular complexity index is 1220. The van der Waals surface area contributed by atoms with E-state index in [0.29, 0.717) is 44.6 Å². The van der Waals surface area contributed by atoms with Crippen molar-refractivity contribution in [1.29, 1.82) is 5.26 Å². The maximum absolute atomic E-state index is 13.2. The van der Waals surface area contributed by atoms with Gasteiger partial charge in [-0.3, -0.25) is 14.4 Å². The Labute approximate surface area is 204 Å². The van der Waals surface area contributed by atoms with Crippen LogP contribution in [0.3, 0.4) is 0 Å². The van der Waals surface area contributed by atoms with Gasteiger partial charge in [0, 0.05) is 57.2 Å². The molecule has 1 aliphatic heterocycles. The predicted molar refractivity (Wildman–Crippen MR) is 122 cm³/mol. The number of aromatic amines is 1. The topological polar surface area (TPSA) is 135 Å². The van der Waals surface area contributed by atoms with E-state index >= 15 is 0 Å². The maximum Gasteiger partial charge on any atom is 0.423 e. The van der Waals surface area contributed by atoms with Crippen LogP contribution in [0.4, 0.5) is 24.7 Å². The number of carbonyl (C=O) groups is 2. The second-order valence-electron chi connectivity index (χ2n) is 8.83. The highest BCUT2D eigenvalue weighted by Gasteiger charge is 2.39. The summed E-state index contributed by atoms with van der Waals surface area (Å²) in [6, 6.07) is 5.47. The Morgan fingerprint density at radius 3 is 2.50 bits per heavy atom. The fourth-order valence-electron chi connectivity index (χ4n) is 4.64. The van der Waals surface area contributed by atoms with Gasteiger partial charge in [-0.1, -0.05) is 0 Å². The van der Waals surface area contributed by atoms with Crippen LogP contribution >= 0.6 is 0 Å². The number of ketones is 1. The lowest BCUT2D eigenvalue weighted by atomic mass is 9.98. The molecule has 2 N–H and O–H groups in total. The lowest BCUT2D eigenvalue weighted by Crippen LogP contribution is -2.49. The van der Waals surface area contributed by atoms with E-state index in [2.05, 4.69) is 15.4 Å². The second-order valence-corrected chi connectivity index (χ2v) is 8.83. The summed E-state index contributed by atoms with van der Waals surface area (Å²) in [6.45, 7) is 2.02. The highest BCUT2D eigenvalue weighted by molar-refractivity contribution is 5.90. The summed E-state index contributed by atoms with van der Waals surface area (Å²) in [5, 5.41) is 16.6. The number of anilines is 2. The van der Waals surface area contributed by atoms with Crippen molar-refractivity contribution in [2.45, 2.75) is 25.4 Å². The minimum absolute atomic E-state index is 0.0603. The first-order valence-electron chi connectivity index (χ1n) is 11.5. The van der Waals surface area contributed by atoms with E-state index in [1.165, 1.54) is 6.20 Å². The number of piperazine rings is 1. The molecule has 2 aliphatic rings. The SMILES string of the molecule is N#Cc1ccc(N2CCN(C(=O)C[C@@H]3CC[C@@H](CNc4cn[nH]c(=O)c4C(F)(F)F)C3=O)CC2)nc1. The van der Waals surface area contributed by atoms with Gasteiger partial charge in [-0.2, -0.15) is 23.5 Å². The number of H-pyrrole nitrogens is 1. The van der Waals surface area contributed by atoms with Gasteiger partial charge < -0.3 is 15.1 Å². The third-order valence-electron chi connectivity index (χ3n) is 6.60. The minimum atomic E-state index is -4.87. The molecule has 0 radical (unpaired) electrons. The molecule has 3 heterocycles. The zero-order valence-electron chi connectivity index (χ0n) is 19.2. The van der Waals surface area contributed by atoms with E-state index in [-0.39, 0.29) is 24.7 Å². The van der Waals surface area contributed by atoms with Crippen LogP contribution in [-0.4, -0.2) is 64.5 Å². The smallest absolute Gasteiger partial charge is 0.382 e. The molecular weight excluding hydrogens is 479 g/mol. The van der Waals surface area contributed by atoms with Gasteiger partial charge in [0.05, 0.1) is 17.4 Å². The molecule has 0 unspecified atom stereocenters. The van der Waals surface area contributed by atoms with E-state index in [0.717, 1.165) is 12.0 Å². The van der Waals surface area contributed by atoms with Crippen molar-refractivity contribution in [2.24, 2.45) is 11.8 Å². The predicted octanol–water partition coefficient (Wildman–Crippen LogP) is 1.80. The number of halogens is 3. The number of rotatable bonds is 6. The summed E-state index contributed by atoms with van der Waals surface area (Å²) in [4.78, 5) is 45.2. The Morgan fingerprint density at radius 2 is 1.86 bits per heavy atom. The zero-order valence-corrected chi connectivity index (χ0v) is 19.2. The van der Waals surface area contributed by atoms with Gasteiger partial charge in [0.15, 0.2) is 0 Å². The number of pyridine rings is 1.